The second kappa shape index (κ2) is 5.59. The summed E-state index contributed by atoms with van der Waals surface area (Å²) in [7, 11) is 3.32. The molecule has 0 aliphatic heterocycles. The molecule has 2 saturated carbocycles. The Morgan fingerprint density at radius 2 is 1.94 bits per heavy atom. The monoisotopic (exact) mass is 253 g/mol. The summed E-state index contributed by atoms with van der Waals surface area (Å²) in [6.07, 6.45) is 6.23. The van der Waals surface area contributed by atoms with Crippen molar-refractivity contribution in [3.8, 4) is 0 Å². The third-order valence-corrected chi connectivity index (χ3v) is 4.24. The smallest absolute Gasteiger partial charge is 0.317 e. The molecular formula is C13H23N3O2. The van der Waals surface area contributed by atoms with Gasteiger partial charge in [-0.25, -0.2) is 4.79 Å². The van der Waals surface area contributed by atoms with E-state index in [4.69, 9.17) is 0 Å². The Bertz CT molecular complexity index is 330. The first-order chi connectivity index (χ1) is 8.58. The average molecular weight is 253 g/mol. The molecule has 2 N–H and O–H groups in total. The number of rotatable bonds is 3. The molecular weight excluding hydrogens is 230 g/mol. The summed E-state index contributed by atoms with van der Waals surface area (Å²) in [6, 6.07) is 0.108. The molecule has 0 bridgehead atoms. The van der Waals surface area contributed by atoms with Crippen LogP contribution >= 0.6 is 0 Å². The first-order valence-corrected chi connectivity index (χ1v) is 6.82. The fourth-order valence-corrected chi connectivity index (χ4v) is 3.31. The fourth-order valence-electron chi connectivity index (χ4n) is 3.31. The minimum Gasteiger partial charge on any atom is -0.352 e. The van der Waals surface area contributed by atoms with Gasteiger partial charge in [0.15, 0.2) is 0 Å². The van der Waals surface area contributed by atoms with E-state index in [1.54, 1.807) is 14.1 Å². The van der Waals surface area contributed by atoms with Gasteiger partial charge in [-0.1, -0.05) is 12.8 Å². The summed E-state index contributed by atoms with van der Waals surface area (Å²) in [5, 5.41) is 5.66. The summed E-state index contributed by atoms with van der Waals surface area (Å²) >= 11 is 0. The highest BCUT2D eigenvalue weighted by Gasteiger charge is 2.39. The van der Waals surface area contributed by atoms with Crippen molar-refractivity contribution < 1.29 is 9.59 Å². The number of hydrogen-bond donors (Lipinski definition) is 2. The van der Waals surface area contributed by atoms with Gasteiger partial charge in [0.1, 0.15) is 0 Å². The zero-order valence-corrected chi connectivity index (χ0v) is 11.2. The average Bonchev–Trinajstić information content (AvgIpc) is 2.90. The Labute approximate surface area is 108 Å². The number of nitrogens with zero attached hydrogens (tertiary/aromatic N) is 1. The molecule has 0 unspecified atom stereocenters. The lowest BCUT2D eigenvalue weighted by molar-refractivity contribution is -0.121. The lowest BCUT2D eigenvalue weighted by atomic mass is 9.98. The van der Waals surface area contributed by atoms with Gasteiger partial charge >= 0.3 is 6.03 Å². The Kier molecular flexibility index (Phi) is 4.09. The van der Waals surface area contributed by atoms with E-state index in [0.717, 1.165) is 12.3 Å². The van der Waals surface area contributed by atoms with Gasteiger partial charge in [0, 0.05) is 20.1 Å². The molecule has 0 saturated heterocycles. The molecule has 0 radical (unpaired) electrons. The van der Waals surface area contributed by atoms with Gasteiger partial charge in [-0.05, 0) is 31.1 Å². The fraction of sp³-hybridized carbons (Fsp3) is 0.846. The third-order valence-electron chi connectivity index (χ3n) is 4.24. The number of urea groups is 1. The summed E-state index contributed by atoms with van der Waals surface area (Å²) in [5.41, 5.74) is 0. The molecule has 3 atom stereocenters. The minimum atomic E-state index is -0.227. The summed E-state index contributed by atoms with van der Waals surface area (Å²) in [5.74, 6) is 1.44. The van der Waals surface area contributed by atoms with Crippen molar-refractivity contribution in [2.75, 3.05) is 20.6 Å². The predicted molar refractivity (Wildman–Crippen MR) is 69.1 cm³/mol. The number of hydrogen-bond acceptors (Lipinski definition) is 2. The standard InChI is InChI=1S/C13H23N3O2/c1-16(2)13(18)14-8-12(17)15-11-7-6-9-4-3-5-10(9)11/h9-11H,3-8H2,1-2H3,(H,14,18)(H,15,17)/t9-,10-,11-/m1/s1. The van der Waals surface area contributed by atoms with Gasteiger partial charge < -0.3 is 15.5 Å². The van der Waals surface area contributed by atoms with Crippen molar-refractivity contribution in [2.24, 2.45) is 11.8 Å². The number of amides is 3. The van der Waals surface area contributed by atoms with Crippen molar-refractivity contribution in [3.63, 3.8) is 0 Å². The van der Waals surface area contributed by atoms with E-state index in [2.05, 4.69) is 10.6 Å². The van der Waals surface area contributed by atoms with Crippen LogP contribution in [0.3, 0.4) is 0 Å². The van der Waals surface area contributed by atoms with Gasteiger partial charge in [0.05, 0.1) is 6.54 Å². The number of carbonyl (C=O) groups excluding carboxylic acids is 2. The van der Waals surface area contributed by atoms with Crippen LogP contribution in [0.4, 0.5) is 4.79 Å². The van der Waals surface area contributed by atoms with Crippen molar-refractivity contribution in [3.05, 3.63) is 0 Å². The van der Waals surface area contributed by atoms with Crippen LogP contribution in [0.25, 0.3) is 0 Å². The Morgan fingerprint density at radius 1 is 1.17 bits per heavy atom. The maximum Gasteiger partial charge on any atom is 0.317 e. The van der Waals surface area contributed by atoms with E-state index in [1.807, 2.05) is 0 Å². The minimum absolute atomic E-state index is 0.0669. The zero-order valence-electron chi connectivity index (χ0n) is 11.2. The Hall–Kier alpha value is -1.26. The molecule has 2 fully saturated rings. The number of carbonyl (C=O) groups is 2. The lowest BCUT2D eigenvalue weighted by Crippen LogP contribution is -2.45. The van der Waals surface area contributed by atoms with Crippen LogP contribution in [-0.4, -0.2) is 43.5 Å². The highest BCUT2D eigenvalue weighted by Crippen LogP contribution is 2.43. The molecule has 0 aromatic carbocycles. The van der Waals surface area contributed by atoms with Crippen LogP contribution in [-0.2, 0) is 4.79 Å². The van der Waals surface area contributed by atoms with Crippen molar-refractivity contribution >= 4 is 11.9 Å². The predicted octanol–water partition coefficient (Wildman–Crippen LogP) is 0.952. The van der Waals surface area contributed by atoms with Crippen LogP contribution < -0.4 is 10.6 Å². The third kappa shape index (κ3) is 2.94. The first kappa shape index (κ1) is 13.2. The molecule has 3 amide bonds. The summed E-state index contributed by atoms with van der Waals surface area (Å²) < 4.78 is 0. The highest BCUT2D eigenvalue weighted by atomic mass is 16.2. The van der Waals surface area contributed by atoms with Crippen LogP contribution in [0.5, 0.6) is 0 Å². The van der Waals surface area contributed by atoms with Crippen molar-refractivity contribution in [1.29, 1.82) is 0 Å². The Morgan fingerprint density at radius 3 is 2.67 bits per heavy atom. The van der Waals surface area contributed by atoms with Crippen LogP contribution in [0.2, 0.25) is 0 Å². The van der Waals surface area contributed by atoms with Gasteiger partial charge in [-0.2, -0.15) is 0 Å². The lowest BCUT2D eigenvalue weighted by Gasteiger charge is -2.20. The molecule has 0 heterocycles. The molecule has 18 heavy (non-hydrogen) atoms. The molecule has 2 aliphatic rings. The van der Waals surface area contributed by atoms with Crippen LogP contribution in [0.15, 0.2) is 0 Å². The van der Waals surface area contributed by atoms with Crippen molar-refractivity contribution in [1.82, 2.24) is 15.5 Å². The molecule has 5 nitrogen and oxygen atoms in total. The molecule has 5 heteroatoms. The normalized spacial score (nSPS) is 29.8. The molecule has 0 spiro atoms. The first-order valence-electron chi connectivity index (χ1n) is 6.82. The maximum atomic E-state index is 11.8. The zero-order chi connectivity index (χ0) is 13.1. The second-order valence-electron chi connectivity index (χ2n) is 5.66. The Balaban J connectivity index is 1.73. The van der Waals surface area contributed by atoms with E-state index in [-0.39, 0.29) is 18.5 Å². The van der Waals surface area contributed by atoms with E-state index in [1.165, 1.54) is 30.6 Å². The van der Waals surface area contributed by atoms with Crippen molar-refractivity contribution in [2.45, 2.75) is 38.1 Å². The van der Waals surface area contributed by atoms with E-state index in [9.17, 15) is 9.59 Å². The van der Waals surface area contributed by atoms with E-state index >= 15 is 0 Å². The summed E-state index contributed by atoms with van der Waals surface area (Å²) in [4.78, 5) is 24.5. The van der Waals surface area contributed by atoms with E-state index in [0.29, 0.717) is 12.0 Å². The number of fused-ring (bicyclic) bond motifs is 1. The molecule has 102 valence electrons. The van der Waals surface area contributed by atoms with Gasteiger partial charge in [-0.3, -0.25) is 4.79 Å². The van der Waals surface area contributed by atoms with E-state index < -0.39 is 0 Å². The highest BCUT2D eigenvalue weighted by molar-refractivity contribution is 5.83. The second-order valence-corrected chi connectivity index (χ2v) is 5.66. The topological polar surface area (TPSA) is 61.4 Å². The molecule has 0 aromatic heterocycles. The van der Waals surface area contributed by atoms with Crippen LogP contribution in [0.1, 0.15) is 32.1 Å². The maximum absolute atomic E-state index is 11.8. The van der Waals surface area contributed by atoms with Gasteiger partial charge in [-0.15, -0.1) is 0 Å². The molecule has 2 aliphatic carbocycles. The van der Waals surface area contributed by atoms with Gasteiger partial charge in [0.25, 0.3) is 0 Å². The largest absolute Gasteiger partial charge is 0.352 e. The number of nitrogens with one attached hydrogen (secondary N) is 2. The van der Waals surface area contributed by atoms with Gasteiger partial charge in [0.2, 0.25) is 5.91 Å². The molecule has 0 aromatic rings. The molecule has 2 rings (SSSR count). The summed E-state index contributed by atoms with van der Waals surface area (Å²) in [6.45, 7) is 0.0743. The van der Waals surface area contributed by atoms with Crippen LogP contribution in [0, 0.1) is 11.8 Å². The quantitative estimate of drug-likeness (QED) is 0.786. The SMILES string of the molecule is CN(C)C(=O)NCC(=O)N[C@@H]1CC[C@H]2CCC[C@H]21.